The Kier molecular flexibility index (Phi) is 4.27. The van der Waals surface area contributed by atoms with Gasteiger partial charge in [-0.15, -0.1) is 0 Å². The van der Waals surface area contributed by atoms with E-state index in [1.807, 2.05) is 0 Å². The number of likely N-dealkylation sites (N-methyl/N-ethyl adjacent to an activating group) is 1. The minimum absolute atomic E-state index is 0.0131. The molecule has 0 aliphatic heterocycles. The zero-order valence-corrected chi connectivity index (χ0v) is 12.4. The van der Waals surface area contributed by atoms with Gasteiger partial charge in [0.1, 0.15) is 0 Å². The van der Waals surface area contributed by atoms with Crippen LogP contribution < -0.4 is 5.32 Å². The third-order valence-electron chi connectivity index (χ3n) is 3.16. The summed E-state index contributed by atoms with van der Waals surface area (Å²) in [5, 5.41) is 2.74. The van der Waals surface area contributed by atoms with Gasteiger partial charge >= 0.3 is 6.18 Å². The molecule has 7 heteroatoms. The maximum atomic E-state index is 12.7. The first-order valence-corrected chi connectivity index (χ1v) is 6.94. The average molecular weight is 351 g/mol. The highest BCUT2D eigenvalue weighted by Crippen LogP contribution is 2.33. The summed E-state index contributed by atoms with van der Waals surface area (Å²) in [7, 11) is 1.71. The van der Waals surface area contributed by atoms with E-state index in [9.17, 15) is 18.0 Å². The molecule has 1 aromatic carbocycles. The van der Waals surface area contributed by atoms with Gasteiger partial charge in [0, 0.05) is 23.2 Å². The highest BCUT2D eigenvalue weighted by molar-refractivity contribution is 9.10. The Labute approximate surface area is 123 Å². The first-order valence-electron chi connectivity index (χ1n) is 6.14. The molecule has 1 aliphatic carbocycles. The second-order valence-corrected chi connectivity index (χ2v) is 5.73. The van der Waals surface area contributed by atoms with Crippen LogP contribution in [0.25, 0.3) is 0 Å². The molecule has 110 valence electrons. The van der Waals surface area contributed by atoms with Crippen molar-refractivity contribution in [3.05, 3.63) is 28.2 Å². The van der Waals surface area contributed by atoms with Crippen molar-refractivity contribution < 1.29 is 18.0 Å². The second kappa shape index (κ2) is 5.63. The summed E-state index contributed by atoms with van der Waals surface area (Å²) in [6.45, 7) is -0.0131. The average Bonchev–Trinajstić information content (AvgIpc) is 3.17. The molecule has 0 spiro atoms. The van der Waals surface area contributed by atoms with Gasteiger partial charge < -0.3 is 10.2 Å². The molecule has 0 heterocycles. The van der Waals surface area contributed by atoms with Gasteiger partial charge in [0.25, 0.3) is 0 Å². The van der Waals surface area contributed by atoms with Crippen LogP contribution in [0.3, 0.4) is 0 Å². The molecule has 0 saturated heterocycles. The van der Waals surface area contributed by atoms with Crippen LogP contribution in [0.5, 0.6) is 0 Å². The molecule has 1 N–H and O–H groups in total. The molecular weight excluding hydrogens is 337 g/mol. The van der Waals surface area contributed by atoms with E-state index in [0.29, 0.717) is 4.47 Å². The molecular formula is C13H14BrF3N2O. The van der Waals surface area contributed by atoms with E-state index in [1.165, 1.54) is 6.07 Å². The summed E-state index contributed by atoms with van der Waals surface area (Å²) in [5.41, 5.74) is -0.485. The largest absolute Gasteiger partial charge is 0.416 e. The molecule has 2 rings (SSSR count). The van der Waals surface area contributed by atoms with Crippen LogP contribution in [0, 0.1) is 0 Å². The monoisotopic (exact) mass is 350 g/mol. The summed E-state index contributed by atoms with van der Waals surface area (Å²) in [5.74, 6) is -0.124. The molecule has 0 aromatic heterocycles. The normalized spacial score (nSPS) is 15.1. The lowest BCUT2D eigenvalue weighted by Crippen LogP contribution is -2.33. The Hall–Kier alpha value is -1.24. The third kappa shape index (κ3) is 3.88. The van der Waals surface area contributed by atoms with Crippen LogP contribution in [0.2, 0.25) is 0 Å². The Bertz CT molecular complexity index is 515. The molecule has 1 aliphatic rings. The van der Waals surface area contributed by atoms with Gasteiger partial charge in [0.2, 0.25) is 5.91 Å². The lowest BCUT2D eigenvalue weighted by atomic mass is 10.2. The number of halogens is 4. The van der Waals surface area contributed by atoms with Gasteiger partial charge in [-0.1, -0.05) is 15.9 Å². The number of hydrogen-bond donors (Lipinski definition) is 1. The quantitative estimate of drug-likeness (QED) is 0.901. The van der Waals surface area contributed by atoms with E-state index < -0.39 is 11.7 Å². The van der Waals surface area contributed by atoms with Crippen LogP contribution in [0.4, 0.5) is 18.9 Å². The van der Waals surface area contributed by atoms with E-state index in [4.69, 9.17) is 0 Å². The third-order valence-corrected chi connectivity index (χ3v) is 3.61. The smallest absolute Gasteiger partial charge is 0.376 e. The van der Waals surface area contributed by atoms with Gasteiger partial charge in [-0.05, 0) is 31.0 Å². The van der Waals surface area contributed by atoms with Gasteiger partial charge in [-0.2, -0.15) is 13.2 Å². The summed E-state index contributed by atoms with van der Waals surface area (Å²) in [4.78, 5) is 13.4. The summed E-state index contributed by atoms with van der Waals surface area (Å²) in [6, 6.07) is 3.80. The van der Waals surface area contributed by atoms with Crippen molar-refractivity contribution in [1.82, 2.24) is 4.90 Å². The van der Waals surface area contributed by atoms with Crippen LogP contribution in [0.1, 0.15) is 18.4 Å². The number of carbonyl (C=O) groups excluding carboxylic acids is 1. The van der Waals surface area contributed by atoms with Crippen molar-refractivity contribution >= 4 is 27.5 Å². The number of anilines is 1. The van der Waals surface area contributed by atoms with Gasteiger partial charge in [0.15, 0.2) is 0 Å². The zero-order valence-electron chi connectivity index (χ0n) is 10.8. The summed E-state index contributed by atoms with van der Waals surface area (Å²) in [6.07, 6.45) is -2.41. The molecule has 0 unspecified atom stereocenters. The van der Waals surface area contributed by atoms with Crippen molar-refractivity contribution in [2.75, 3.05) is 18.9 Å². The number of rotatable bonds is 4. The lowest BCUT2D eigenvalue weighted by Gasteiger charge is -2.17. The molecule has 0 radical (unpaired) electrons. The van der Waals surface area contributed by atoms with Crippen molar-refractivity contribution in [3.8, 4) is 0 Å². The maximum Gasteiger partial charge on any atom is 0.416 e. The Morgan fingerprint density at radius 1 is 1.40 bits per heavy atom. The molecule has 3 nitrogen and oxygen atoms in total. The molecule has 1 amide bonds. The number of amides is 1. The van der Waals surface area contributed by atoms with Crippen molar-refractivity contribution in [2.45, 2.75) is 25.1 Å². The molecule has 20 heavy (non-hydrogen) atoms. The molecule has 1 aromatic rings. The predicted octanol–water partition coefficient (Wildman–Crippen LogP) is 3.50. The molecule has 1 saturated carbocycles. The van der Waals surface area contributed by atoms with E-state index in [0.717, 1.165) is 25.0 Å². The summed E-state index contributed by atoms with van der Waals surface area (Å²) >= 11 is 3.04. The van der Waals surface area contributed by atoms with Gasteiger partial charge in [0.05, 0.1) is 12.1 Å². The molecule has 1 fully saturated rings. The number of nitrogens with one attached hydrogen (secondary N) is 1. The highest BCUT2D eigenvalue weighted by atomic mass is 79.9. The maximum absolute atomic E-state index is 12.7. The number of hydrogen-bond acceptors (Lipinski definition) is 2. The van der Waals surface area contributed by atoms with Crippen LogP contribution in [0.15, 0.2) is 22.7 Å². The van der Waals surface area contributed by atoms with E-state index in [1.54, 1.807) is 11.9 Å². The standard InChI is InChI=1S/C13H14BrF3N2O/c1-19(11-2-3-11)12(20)7-18-10-5-8(13(15,16)17)4-9(14)6-10/h4-6,11,18H,2-3,7H2,1H3. The SMILES string of the molecule is CN(C(=O)CNc1cc(Br)cc(C(F)(F)F)c1)C1CC1. The Morgan fingerprint density at radius 3 is 2.60 bits per heavy atom. The second-order valence-electron chi connectivity index (χ2n) is 4.82. The first kappa shape index (κ1) is 15.2. The fourth-order valence-electron chi connectivity index (χ4n) is 1.82. The van der Waals surface area contributed by atoms with E-state index in [-0.39, 0.29) is 24.2 Å². The van der Waals surface area contributed by atoms with Gasteiger partial charge in [-0.25, -0.2) is 0 Å². The summed E-state index contributed by atoms with van der Waals surface area (Å²) < 4.78 is 38.3. The minimum atomic E-state index is -4.41. The van der Waals surface area contributed by atoms with Crippen LogP contribution >= 0.6 is 15.9 Å². The number of alkyl halides is 3. The fraction of sp³-hybridized carbons (Fsp3) is 0.462. The molecule has 0 bridgehead atoms. The topological polar surface area (TPSA) is 32.3 Å². The first-order chi connectivity index (χ1) is 9.27. The number of carbonyl (C=O) groups is 1. The van der Waals surface area contributed by atoms with Crippen LogP contribution in [-0.4, -0.2) is 30.4 Å². The van der Waals surface area contributed by atoms with E-state index in [2.05, 4.69) is 21.2 Å². The van der Waals surface area contributed by atoms with E-state index >= 15 is 0 Å². The highest BCUT2D eigenvalue weighted by Gasteiger charge is 2.31. The lowest BCUT2D eigenvalue weighted by molar-refractivity contribution is -0.137. The minimum Gasteiger partial charge on any atom is -0.376 e. The van der Waals surface area contributed by atoms with Crippen molar-refractivity contribution in [1.29, 1.82) is 0 Å². The zero-order chi connectivity index (χ0) is 14.9. The van der Waals surface area contributed by atoms with Gasteiger partial charge in [-0.3, -0.25) is 4.79 Å². The van der Waals surface area contributed by atoms with Crippen LogP contribution in [-0.2, 0) is 11.0 Å². The Balaban J connectivity index is 2.02. The Morgan fingerprint density at radius 2 is 2.05 bits per heavy atom. The molecule has 0 atom stereocenters. The number of nitrogens with zero attached hydrogens (tertiary/aromatic N) is 1. The predicted molar refractivity (Wildman–Crippen MR) is 73.4 cm³/mol. The number of benzene rings is 1. The van der Waals surface area contributed by atoms with Crippen molar-refractivity contribution in [2.24, 2.45) is 0 Å². The van der Waals surface area contributed by atoms with Crippen molar-refractivity contribution in [3.63, 3.8) is 0 Å². The fourth-order valence-corrected chi connectivity index (χ4v) is 2.32.